The van der Waals surface area contributed by atoms with E-state index < -0.39 is 5.76 Å². The molecule has 2 aromatic carbocycles. The van der Waals surface area contributed by atoms with Gasteiger partial charge in [0.1, 0.15) is 0 Å². The zero-order valence-corrected chi connectivity index (χ0v) is 18.7. The molecule has 0 unspecified atom stereocenters. The number of benzene rings is 2. The Bertz CT molecular complexity index is 1100. The molecule has 0 bridgehead atoms. The highest BCUT2D eigenvalue weighted by atomic mass is 79.9. The minimum atomic E-state index is -2.45. The van der Waals surface area contributed by atoms with Gasteiger partial charge < -0.3 is 0 Å². The van der Waals surface area contributed by atoms with Gasteiger partial charge in [-0.25, -0.2) is 0 Å². The van der Waals surface area contributed by atoms with E-state index in [9.17, 15) is 8.78 Å². The Morgan fingerprint density at radius 2 is 1.73 bits per heavy atom. The summed E-state index contributed by atoms with van der Waals surface area (Å²) in [7, 11) is 0. The summed E-state index contributed by atoms with van der Waals surface area (Å²) in [5, 5.41) is 9.48. The molecule has 30 heavy (non-hydrogen) atoms. The van der Waals surface area contributed by atoms with Crippen molar-refractivity contribution in [1.82, 2.24) is 19.7 Å². The van der Waals surface area contributed by atoms with Gasteiger partial charge in [-0.2, -0.15) is 8.78 Å². The molecule has 0 N–H and O–H groups in total. The predicted octanol–water partition coefficient (Wildman–Crippen LogP) is 6.70. The molecule has 0 aliphatic rings. The van der Waals surface area contributed by atoms with Gasteiger partial charge in [0.15, 0.2) is 11.0 Å². The summed E-state index contributed by atoms with van der Waals surface area (Å²) in [6, 6.07) is 18.8. The molecule has 0 radical (unpaired) electrons. The molecule has 0 fully saturated rings. The highest BCUT2D eigenvalue weighted by Crippen LogP contribution is 2.31. The van der Waals surface area contributed by atoms with Crippen LogP contribution in [0.3, 0.4) is 0 Å². The average molecular weight is 505 g/mol. The Balaban J connectivity index is 1.68. The van der Waals surface area contributed by atoms with Crippen LogP contribution in [0.2, 0.25) is 0 Å². The number of hydrogen-bond acceptors (Lipinski definition) is 5. The quantitative estimate of drug-likeness (QED) is 0.262. The van der Waals surface area contributed by atoms with Crippen LogP contribution in [0.1, 0.15) is 5.56 Å². The molecule has 0 atom stereocenters. The summed E-state index contributed by atoms with van der Waals surface area (Å²) in [4.78, 5) is 4.68. The van der Waals surface area contributed by atoms with Crippen LogP contribution in [0, 0.1) is 0 Å². The number of hydrogen-bond donors (Lipinski definition) is 0. The van der Waals surface area contributed by atoms with Gasteiger partial charge in [0.05, 0.1) is 0 Å². The van der Waals surface area contributed by atoms with Crippen LogP contribution in [-0.4, -0.2) is 25.5 Å². The van der Waals surface area contributed by atoms with Crippen molar-refractivity contribution in [2.75, 3.05) is 0 Å². The number of aromatic nitrogens is 4. The van der Waals surface area contributed by atoms with E-state index in [2.05, 4.69) is 43.2 Å². The van der Waals surface area contributed by atoms with Gasteiger partial charge in [-0.1, -0.05) is 51.6 Å². The molecular weight excluding hydrogens is 490 g/mol. The zero-order valence-electron chi connectivity index (χ0n) is 15.5. The summed E-state index contributed by atoms with van der Waals surface area (Å²) >= 11 is 5.53. The van der Waals surface area contributed by atoms with E-state index in [4.69, 9.17) is 0 Å². The second-order valence-electron chi connectivity index (χ2n) is 6.17. The fraction of sp³-hybridized carbons (Fsp3) is 0.0952. The summed E-state index contributed by atoms with van der Waals surface area (Å²) in [5.74, 6) is -1.08. The first-order valence-electron chi connectivity index (χ1n) is 8.88. The van der Waals surface area contributed by atoms with Crippen LogP contribution in [0.15, 0.2) is 87.6 Å². The standard InChI is InChI=1S/C21H15BrF2N4S2/c22-16-5-3-14(4-6-16)13-29-21-27-26-19(15-2-1-11-25-12-15)28(21)17-7-9-18(10-8-17)30-20(23)24/h1-12,20H,13H2. The molecule has 0 spiro atoms. The highest BCUT2D eigenvalue weighted by Gasteiger charge is 2.17. The molecule has 2 heterocycles. The molecule has 0 amide bonds. The fourth-order valence-corrected chi connectivity index (χ4v) is 4.45. The first-order valence-corrected chi connectivity index (χ1v) is 11.5. The van der Waals surface area contributed by atoms with Gasteiger partial charge in [0, 0.05) is 38.8 Å². The van der Waals surface area contributed by atoms with Crippen molar-refractivity contribution in [3.63, 3.8) is 0 Å². The lowest BCUT2D eigenvalue weighted by molar-refractivity contribution is 0.252. The van der Waals surface area contributed by atoms with Crippen LogP contribution >= 0.6 is 39.5 Å². The molecule has 2 aromatic heterocycles. The third-order valence-corrected chi connectivity index (χ3v) is 6.41. The number of pyridine rings is 1. The third kappa shape index (κ3) is 5.08. The Hall–Kier alpha value is -2.23. The van der Waals surface area contributed by atoms with Gasteiger partial charge in [-0.3, -0.25) is 9.55 Å². The van der Waals surface area contributed by atoms with Gasteiger partial charge in [-0.15, -0.1) is 10.2 Å². The second kappa shape index (κ2) is 9.72. The Labute approximate surface area is 189 Å². The van der Waals surface area contributed by atoms with Gasteiger partial charge in [0.2, 0.25) is 0 Å². The van der Waals surface area contributed by atoms with Gasteiger partial charge in [0.25, 0.3) is 5.76 Å². The fourth-order valence-electron chi connectivity index (χ4n) is 2.78. The topological polar surface area (TPSA) is 43.6 Å². The summed E-state index contributed by atoms with van der Waals surface area (Å²) in [6.45, 7) is 0. The molecule has 0 aliphatic carbocycles. The number of rotatable bonds is 7. The Morgan fingerprint density at radius 1 is 0.967 bits per heavy atom. The minimum absolute atomic E-state index is 0.508. The van der Waals surface area contributed by atoms with Crippen molar-refractivity contribution in [2.24, 2.45) is 0 Å². The van der Waals surface area contributed by atoms with Crippen LogP contribution in [0.25, 0.3) is 17.1 Å². The van der Waals surface area contributed by atoms with Crippen LogP contribution in [-0.2, 0) is 5.75 Å². The van der Waals surface area contributed by atoms with E-state index in [-0.39, 0.29) is 0 Å². The molecule has 9 heteroatoms. The van der Waals surface area contributed by atoms with Crippen LogP contribution in [0.4, 0.5) is 8.78 Å². The highest BCUT2D eigenvalue weighted by molar-refractivity contribution is 9.10. The van der Waals surface area contributed by atoms with Crippen LogP contribution < -0.4 is 0 Å². The first-order chi connectivity index (χ1) is 14.6. The molecular formula is C21H15BrF2N4S2. The lowest BCUT2D eigenvalue weighted by Gasteiger charge is -2.11. The Kier molecular flexibility index (Phi) is 6.81. The van der Waals surface area contributed by atoms with Gasteiger partial charge in [-0.05, 0) is 54.1 Å². The average Bonchev–Trinajstić information content (AvgIpc) is 3.18. The molecule has 0 saturated heterocycles. The molecule has 152 valence electrons. The number of nitrogens with zero attached hydrogens (tertiary/aromatic N) is 4. The van der Waals surface area contributed by atoms with Crippen molar-refractivity contribution in [3.8, 4) is 17.1 Å². The normalized spacial score (nSPS) is 11.2. The molecule has 4 rings (SSSR count). The molecule has 4 aromatic rings. The maximum Gasteiger partial charge on any atom is 0.288 e. The maximum absolute atomic E-state index is 12.7. The molecule has 0 aliphatic heterocycles. The SMILES string of the molecule is FC(F)Sc1ccc(-n2c(SCc3ccc(Br)cc3)nnc2-c2cccnc2)cc1. The van der Waals surface area contributed by atoms with E-state index >= 15 is 0 Å². The summed E-state index contributed by atoms with van der Waals surface area (Å²) in [6.07, 6.45) is 3.43. The van der Waals surface area contributed by atoms with E-state index in [0.29, 0.717) is 27.6 Å². The summed E-state index contributed by atoms with van der Waals surface area (Å²) < 4.78 is 28.3. The van der Waals surface area contributed by atoms with Crippen LogP contribution in [0.5, 0.6) is 0 Å². The van der Waals surface area contributed by atoms with Crippen molar-refractivity contribution in [1.29, 1.82) is 0 Å². The minimum Gasteiger partial charge on any atom is -0.270 e. The van der Waals surface area contributed by atoms with Gasteiger partial charge >= 0.3 is 0 Å². The van der Waals surface area contributed by atoms with E-state index in [1.165, 1.54) is 0 Å². The van der Waals surface area contributed by atoms with Crippen molar-refractivity contribution >= 4 is 39.5 Å². The largest absolute Gasteiger partial charge is 0.288 e. The number of thioether (sulfide) groups is 2. The van der Waals surface area contributed by atoms with E-state index in [0.717, 1.165) is 27.0 Å². The lowest BCUT2D eigenvalue weighted by atomic mass is 10.2. The van der Waals surface area contributed by atoms with Crippen molar-refractivity contribution in [3.05, 3.63) is 83.1 Å². The molecule has 4 nitrogen and oxygen atoms in total. The monoisotopic (exact) mass is 504 g/mol. The second-order valence-corrected chi connectivity index (χ2v) is 9.09. The van der Waals surface area contributed by atoms with Crippen molar-refractivity contribution in [2.45, 2.75) is 21.6 Å². The maximum atomic E-state index is 12.7. The predicted molar refractivity (Wildman–Crippen MR) is 120 cm³/mol. The zero-order chi connectivity index (χ0) is 20.9. The first kappa shape index (κ1) is 21.0. The van der Waals surface area contributed by atoms with E-state index in [1.54, 1.807) is 48.4 Å². The van der Waals surface area contributed by atoms with E-state index in [1.807, 2.05) is 28.8 Å². The third-order valence-electron chi connectivity index (χ3n) is 4.15. The smallest absolute Gasteiger partial charge is 0.270 e. The lowest BCUT2D eigenvalue weighted by Crippen LogP contribution is -2.00. The summed E-state index contributed by atoms with van der Waals surface area (Å²) in [5.41, 5.74) is 2.78. The molecule has 0 saturated carbocycles. The van der Waals surface area contributed by atoms with Crippen molar-refractivity contribution < 1.29 is 8.78 Å². The number of alkyl halides is 2. The number of halogens is 3. The Morgan fingerprint density at radius 3 is 2.40 bits per heavy atom.